The Morgan fingerprint density at radius 1 is 1.69 bits per heavy atom. The van der Waals surface area contributed by atoms with Crippen LogP contribution in [0.3, 0.4) is 0 Å². The molecule has 16 heavy (non-hydrogen) atoms. The molecular formula is C11H15N3OS. The highest BCUT2D eigenvalue weighted by Crippen LogP contribution is 2.03. The van der Waals surface area contributed by atoms with Crippen molar-refractivity contribution in [3.8, 4) is 6.07 Å². The molecule has 0 aliphatic heterocycles. The van der Waals surface area contributed by atoms with Crippen LogP contribution in [0.4, 0.5) is 0 Å². The van der Waals surface area contributed by atoms with E-state index in [9.17, 15) is 4.21 Å². The van der Waals surface area contributed by atoms with Gasteiger partial charge in [0.1, 0.15) is 11.8 Å². The van der Waals surface area contributed by atoms with E-state index < -0.39 is 10.8 Å². The first-order valence-electron chi connectivity index (χ1n) is 5.02. The fourth-order valence-corrected chi connectivity index (χ4v) is 1.56. The molecule has 0 amide bonds. The van der Waals surface area contributed by atoms with E-state index in [1.54, 1.807) is 18.5 Å². The van der Waals surface area contributed by atoms with Crippen LogP contribution in [0, 0.1) is 11.3 Å². The first-order chi connectivity index (χ1) is 7.65. The van der Waals surface area contributed by atoms with Crippen molar-refractivity contribution in [2.75, 3.05) is 12.8 Å². The molecule has 1 aromatic heterocycles. The number of nitrogens with zero attached hydrogens (tertiary/aromatic N) is 2. The van der Waals surface area contributed by atoms with Gasteiger partial charge in [0.15, 0.2) is 0 Å². The van der Waals surface area contributed by atoms with Gasteiger partial charge in [-0.3, -0.25) is 4.21 Å². The standard InChI is InChI=1S/C11H15N3OS/c1-9(16(2)15)7-13-8-10-4-3-5-14-11(10)6-12/h3-5,9,13H,7-8H2,1-2H3. The lowest BCUT2D eigenvalue weighted by molar-refractivity contribution is 0.646. The van der Waals surface area contributed by atoms with E-state index in [1.165, 1.54) is 0 Å². The Kier molecular flexibility index (Phi) is 5.09. The van der Waals surface area contributed by atoms with Crippen LogP contribution >= 0.6 is 0 Å². The molecule has 0 aromatic carbocycles. The maximum atomic E-state index is 11.1. The normalized spacial score (nSPS) is 14.1. The molecule has 86 valence electrons. The lowest BCUT2D eigenvalue weighted by Gasteiger charge is -2.10. The van der Waals surface area contributed by atoms with Crippen LogP contribution in [-0.4, -0.2) is 27.2 Å². The molecule has 2 unspecified atom stereocenters. The number of pyridine rings is 1. The summed E-state index contributed by atoms with van der Waals surface area (Å²) in [7, 11) is -0.818. The maximum absolute atomic E-state index is 11.1. The Balaban J connectivity index is 2.49. The lowest BCUT2D eigenvalue weighted by Crippen LogP contribution is -2.27. The third-order valence-corrected chi connectivity index (χ3v) is 3.61. The average molecular weight is 237 g/mol. The molecule has 0 radical (unpaired) electrons. The maximum Gasteiger partial charge on any atom is 0.144 e. The monoisotopic (exact) mass is 237 g/mol. The second-order valence-corrected chi connectivity index (χ2v) is 5.36. The van der Waals surface area contributed by atoms with Gasteiger partial charge in [0.25, 0.3) is 0 Å². The fourth-order valence-electron chi connectivity index (χ4n) is 1.21. The number of rotatable bonds is 5. The van der Waals surface area contributed by atoms with Gasteiger partial charge in [-0.2, -0.15) is 5.26 Å². The summed E-state index contributed by atoms with van der Waals surface area (Å²) >= 11 is 0. The van der Waals surface area contributed by atoms with E-state index in [2.05, 4.69) is 10.3 Å². The summed E-state index contributed by atoms with van der Waals surface area (Å²) in [6.07, 6.45) is 3.29. The van der Waals surface area contributed by atoms with Gasteiger partial charge in [-0.15, -0.1) is 0 Å². The van der Waals surface area contributed by atoms with Crippen LogP contribution in [0.1, 0.15) is 18.2 Å². The smallest absolute Gasteiger partial charge is 0.144 e. The van der Waals surface area contributed by atoms with E-state index in [4.69, 9.17) is 5.26 Å². The summed E-state index contributed by atoms with van der Waals surface area (Å²) in [6.45, 7) is 3.18. The zero-order valence-corrected chi connectivity index (χ0v) is 10.3. The largest absolute Gasteiger partial charge is 0.311 e. The molecule has 0 fully saturated rings. The third kappa shape index (κ3) is 3.72. The number of nitrogens with one attached hydrogen (secondary N) is 1. The van der Waals surface area contributed by atoms with E-state index in [0.29, 0.717) is 18.8 Å². The molecule has 0 spiro atoms. The van der Waals surface area contributed by atoms with Crippen molar-refractivity contribution in [1.29, 1.82) is 5.26 Å². The molecule has 1 rings (SSSR count). The Hall–Kier alpha value is -1.25. The Bertz CT molecular complexity index is 414. The highest BCUT2D eigenvalue weighted by atomic mass is 32.2. The van der Waals surface area contributed by atoms with Crippen molar-refractivity contribution in [1.82, 2.24) is 10.3 Å². The Labute approximate surface area is 98.2 Å². The topological polar surface area (TPSA) is 65.8 Å². The molecule has 1 N–H and O–H groups in total. The highest BCUT2D eigenvalue weighted by Gasteiger charge is 2.06. The molecule has 4 nitrogen and oxygen atoms in total. The van der Waals surface area contributed by atoms with E-state index in [-0.39, 0.29) is 5.25 Å². The Morgan fingerprint density at radius 3 is 3.06 bits per heavy atom. The molecular weight excluding hydrogens is 222 g/mol. The van der Waals surface area contributed by atoms with Crippen LogP contribution in [-0.2, 0) is 17.3 Å². The van der Waals surface area contributed by atoms with Gasteiger partial charge in [-0.05, 0) is 13.0 Å². The second-order valence-electron chi connectivity index (χ2n) is 3.56. The van der Waals surface area contributed by atoms with Gasteiger partial charge < -0.3 is 5.32 Å². The van der Waals surface area contributed by atoms with Crippen LogP contribution < -0.4 is 5.32 Å². The molecule has 0 saturated heterocycles. The van der Waals surface area contributed by atoms with Crippen molar-refractivity contribution < 1.29 is 4.21 Å². The molecule has 1 heterocycles. The second kappa shape index (κ2) is 6.36. The van der Waals surface area contributed by atoms with Crippen molar-refractivity contribution in [3.05, 3.63) is 29.6 Å². The molecule has 1 aromatic rings. The van der Waals surface area contributed by atoms with E-state index in [0.717, 1.165) is 5.56 Å². The number of aromatic nitrogens is 1. The van der Waals surface area contributed by atoms with E-state index in [1.807, 2.05) is 19.1 Å². The first kappa shape index (κ1) is 12.8. The average Bonchev–Trinajstić information content (AvgIpc) is 2.29. The SMILES string of the molecule is CC(CNCc1cccnc1C#N)S(C)=O. The molecule has 0 bridgehead atoms. The molecule has 0 aliphatic carbocycles. The molecule has 0 aliphatic rings. The highest BCUT2D eigenvalue weighted by molar-refractivity contribution is 7.84. The summed E-state index contributed by atoms with van der Waals surface area (Å²) < 4.78 is 11.1. The minimum absolute atomic E-state index is 0.113. The molecule has 5 heteroatoms. The first-order valence-corrected chi connectivity index (χ1v) is 6.64. The Morgan fingerprint density at radius 2 is 2.44 bits per heavy atom. The van der Waals surface area contributed by atoms with Gasteiger partial charge >= 0.3 is 0 Å². The predicted molar refractivity (Wildman–Crippen MR) is 64.2 cm³/mol. The van der Waals surface area contributed by atoms with Gasteiger partial charge in [0.2, 0.25) is 0 Å². The van der Waals surface area contributed by atoms with Crippen molar-refractivity contribution >= 4 is 10.8 Å². The third-order valence-electron chi connectivity index (χ3n) is 2.31. The van der Waals surface area contributed by atoms with Crippen molar-refractivity contribution in [2.24, 2.45) is 0 Å². The van der Waals surface area contributed by atoms with Crippen LogP contribution in [0.25, 0.3) is 0 Å². The minimum atomic E-state index is -0.818. The number of hydrogen-bond acceptors (Lipinski definition) is 4. The molecule has 0 saturated carbocycles. The van der Waals surface area contributed by atoms with Gasteiger partial charge in [0.05, 0.1) is 0 Å². The summed E-state index contributed by atoms with van der Waals surface area (Å²) in [5.74, 6) is 0. The number of hydrogen-bond donors (Lipinski definition) is 1. The quantitative estimate of drug-likeness (QED) is 0.823. The van der Waals surface area contributed by atoms with Crippen LogP contribution in [0.2, 0.25) is 0 Å². The van der Waals surface area contributed by atoms with Gasteiger partial charge in [-0.1, -0.05) is 6.07 Å². The summed E-state index contributed by atoms with van der Waals surface area (Å²) in [5.41, 5.74) is 1.32. The zero-order chi connectivity index (χ0) is 12.0. The van der Waals surface area contributed by atoms with E-state index >= 15 is 0 Å². The fraction of sp³-hybridized carbons (Fsp3) is 0.455. The van der Waals surface area contributed by atoms with Crippen molar-refractivity contribution in [3.63, 3.8) is 0 Å². The minimum Gasteiger partial charge on any atom is -0.311 e. The summed E-state index contributed by atoms with van der Waals surface area (Å²) in [6, 6.07) is 5.72. The molecule has 2 atom stereocenters. The van der Waals surface area contributed by atoms with Crippen LogP contribution in [0.15, 0.2) is 18.3 Å². The van der Waals surface area contributed by atoms with Gasteiger partial charge in [0, 0.05) is 47.2 Å². The number of nitriles is 1. The lowest BCUT2D eigenvalue weighted by atomic mass is 10.2. The van der Waals surface area contributed by atoms with Crippen molar-refractivity contribution in [2.45, 2.75) is 18.7 Å². The summed E-state index contributed by atoms with van der Waals surface area (Å²) in [4.78, 5) is 3.97. The predicted octanol–water partition coefficient (Wildman–Crippen LogP) is 0.810. The zero-order valence-electron chi connectivity index (χ0n) is 9.43. The van der Waals surface area contributed by atoms with Crippen LogP contribution in [0.5, 0.6) is 0 Å². The summed E-state index contributed by atoms with van der Waals surface area (Å²) in [5, 5.41) is 12.1. The van der Waals surface area contributed by atoms with Gasteiger partial charge in [-0.25, -0.2) is 4.98 Å².